The average Bonchev–Trinajstić information content (AvgIpc) is 2.02. The third kappa shape index (κ3) is 3.05. The first kappa shape index (κ1) is 10.5. The van der Waals surface area contributed by atoms with E-state index in [2.05, 4.69) is 5.11 Å². The number of rotatable bonds is 1. The second-order valence-corrected chi connectivity index (χ2v) is 4.06. The molecule has 0 unspecified atom stereocenters. The molecule has 1 N–H and O–H groups in total. The maximum atomic E-state index is 11.4. The maximum Gasteiger partial charge on any atom is 0.244 e. The third-order valence-electron chi connectivity index (χ3n) is 1.46. The Labute approximate surface area is 83.1 Å². The molecule has 0 heterocycles. The monoisotopic (exact) mass is 194 g/mol. The van der Waals surface area contributed by atoms with Gasteiger partial charge in [0.2, 0.25) is 5.69 Å². The number of nitrogens with zero attached hydrogens (tertiary/aromatic N) is 2. The van der Waals surface area contributed by atoms with Crippen molar-refractivity contribution in [1.82, 2.24) is 0 Å². The van der Waals surface area contributed by atoms with Crippen LogP contribution in [-0.2, 0) is 0 Å². The zero-order chi connectivity index (χ0) is 10.8. The highest BCUT2D eigenvalue weighted by molar-refractivity contribution is 5.34. The van der Waals surface area contributed by atoms with Gasteiger partial charge in [0.15, 0.2) is 0 Å². The Morgan fingerprint density at radius 3 is 2.14 bits per heavy atom. The first-order valence-electron chi connectivity index (χ1n) is 4.37. The molecule has 0 saturated heterocycles. The molecule has 14 heavy (non-hydrogen) atoms. The van der Waals surface area contributed by atoms with E-state index in [0.717, 1.165) is 0 Å². The molecule has 0 aliphatic rings. The molecule has 0 atom stereocenters. The van der Waals surface area contributed by atoms with E-state index >= 15 is 0 Å². The lowest BCUT2D eigenvalue weighted by Crippen LogP contribution is -2.12. The molecule has 1 rings (SSSR count). The predicted octanol–water partition coefficient (Wildman–Crippen LogP) is 2.78. The molecule has 0 saturated carbocycles. The van der Waals surface area contributed by atoms with Crippen LogP contribution < -0.4 is 0 Å². The summed E-state index contributed by atoms with van der Waals surface area (Å²) in [7, 11) is 0. The van der Waals surface area contributed by atoms with Crippen molar-refractivity contribution in [3.8, 4) is 5.75 Å². The summed E-state index contributed by atoms with van der Waals surface area (Å²) in [6.07, 6.45) is 0. The van der Waals surface area contributed by atoms with Crippen LogP contribution in [0.4, 0.5) is 5.69 Å². The van der Waals surface area contributed by atoms with Crippen LogP contribution >= 0.6 is 0 Å². The summed E-state index contributed by atoms with van der Waals surface area (Å²) in [5.41, 5.74) is 0.0114. The molecule has 0 aliphatic heterocycles. The molecule has 0 aliphatic carbocycles. The summed E-state index contributed by atoms with van der Waals surface area (Å²) in [4.78, 5) is 0.569. The number of aromatic hydroxyl groups is 1. The zero-order valence-electron chi connectivity index (χ0n) is 8.56. The van der Waals surface area contributed by atoms with Crippen molar-refractivity contribution < 1.29 is 9.97 Å². The van der Waals surface area contributed by atoms with Crippen molar-refractivity contribution in [3.63, 3.8) is 0 Å². The highest BCUT2D eigenvalue weighted by atomic mass is 16.5. The molecule has 0 aromatic heterocycles. The van der Waals surface area contributed by atoms with Crippen molar-refractivity contribution in [1.29, 1.82) is 0 Å². The van der Waals surface area contributed by atoms with Crippen molar-refractivity contribution in [2.75, 3.05) is 0 Å². The van der Waals surface area contributed by atoms with E-state index in [1.54, 1.807) is 0 Å². The molecular formula is C10H14N2O2. The second-order valence-electron chi connectivity index (χ2n) is 4.06. The van der Waals surface area contributed by atoms with Gasteiger partial charge in [0.25, 0.3) is 0 Å². The molecule has 4 heteroatoms. The first-order chi connectivity index (χ1) is 6.38. The van der Waals surface area contributed by atoms with Gasteiger partial charge in [0.05, 0.1) is 0 Å². The van der Waals surface area contributed by atoms with E-state index in [9.17, 15) is 5.21 Å². The van der Waals surface area contributed by atoms with Crippen LogP contribution in [0.5, 0.6) is 5.75 Å². The molecule has 0 fully saturated rings. The van der Waals surface area contributed by atoms with Gasteiger partial charge in [0, 0.05) is 12.1 Å². The molecule has 1 aromatic rings. The van der Waals surface area contributed by atoms with Crippen molar-refractivity contribution in [3.05, 3.63) is 29.5 Å². The quantitative estimate of drug-likeness (QED) is 0.424. The lowest BCUT2D eigenvalue weighted by atomic mass is 10.1. The third-order valence-corrected chi connectivity index (χ3v) is 1.46. The van der Waals surface area contributed by atoms with Gasteiger partial charge >= 0.3 is 0 Å². The molecule has 0 bridgehead atoms. The number of phenols is 1. The largest absolute Gasteiger partial charge is 0.594 e. The zero-order valence-corrected chi connectivity index (χ0v) is 8.56. The fourth-order valence-electron chi connectivity index (χ4n) is 0.910. The van der Waals surface area contributed by atoms with Crippen LogP contribution in [-0.4, -0.2) is 15.5 Å². The van der Waals surface area contributed by atoms with Crippen molar-refractivity contribution in [2.24, 2.45) is 5.11 Å². The second kappa shape index (κ2) is 3.65. The highest BCUT2D eigenvalue weighted by Gasteiger charge is 2.14. The molecule has 4 nitrogen and oxygen atoms in total. The van der Waals surface area contributed by atoms with E-state index in [4.69, 9.17) is 5.11 Å². The van der Waals surface area contributed by atoms with Crippen LogP contribution in [0.15, 0.2) is 29.4 Å². The minimum absolute atomic E-state index is 0.137. The summed E-state index contributed by atoms with van der Waals surface area (Å²) >= 11 is 0. The van der Waals surface area contributed by atoms with Crippen LogP contribution in [0.1, 0.15) is 20.8 Å². The Hall–Kier alpha value is -1.58. The predicted molar refractivity (Wildman–Crippen MR) is 53.6 cm³/mol. The van der Waals surface area contributed by atoms with Gasteiger partial charge in [-0.25, -0.2) is 0 Å². The fourth-order valence-corrected chi connectivity index (χ4v) is 0.910. The Morgan fingerprint density at radius 1 is 1.21 bits per heavy atom. The van der Waals surface area contributed by atoms with Gasteiger partial charge in [-0.15, -0.1) is 0 Å². The standard InChI is InChI=1S/C10H14N2O2/c1-10(2,3)11-12(14)8-4-6-9(13)7-5-8/h4-7,13H,1-3H3. The van der Waals surface area contributed by atoms with E-state index < -0.39 is 5.54 Å². The van der Waals surface area contributed by atoms with E-state index in [1.807, 2.05) is 20.8 Å². The molecular weight excluding hydrogens is 180 g/mol. The Morgan fingerprint density at radius 2 is 1.71 bits per heavy atom. The number of hydrogen-bond donors (Lipinski definition) is 1. The maximum absolute atomic E-state index is 11.4. The fraction of sp³-hybridized carbons (Fsp3) is 0.400. The van der Waals surface area contributed by atoms with Gasteiger partial charge in [-0.2, -0.15) is 0 Å². The van der Waals surface area contributed by atoms with Crippen LogP contribution in [0, 0.1) is 5.21 Å². The number of benzene rings is 1. The summed E-state index contributed by atoms with van der Waals surface area (Å²) in [6, 6.07) is 5.96. The average molecular weight is 194 g/mol. The summed E-state index contributed by atoms with van der Waals surface area (Å²) in [6.45, 7) is 5.54. The SMILES string of the molecule is CC(C)(C)N=[N+]([O-])c1ccc(O)cc1. The number of hydrogen-bond acceptors (Lipinski definition) is 3. The van der Waals surface area contributed by atoms with Gasteiger partial charge < -0.3 is 10.3 Å². The van der Waals surface area contributed by atoms with Crippen molar-refractivity contribution in [2.45, 2.75) is 26.3 Å². The van der Waals surface area contributed by atoms with E-state index in [-0.39, 0.29) is 5.75 Å². The molecule has 0 amide bonds. The molecule has 1 aromatic carbocycles. The highest BCUT2D eigenvalue weighted by Crippen LogP contribution is 2.18. The topological polar surface area (TPSA) is 58.7 Å². The van der Waals surface area contributed by atoms with Gasteiger partial charge in [-0.05, 0) is 38.0 Å². The van der Waals surface area contributed by atoms with Gasteiger partial charge in [-0.1, -0.05) is 4.86 Å². The Balaban J connectivity index is 2.95. The van der Waals surface area contributed by atoms with Crippen LogP contribution in [0.25, 0.3) is 0 Å². The van der Waals surface area contributed by atoms with Crippen LogP contribution in [0.3, 0.4) is 0 Å². The van der Waals surface area contributed by atoms with Crippen molar-refractivity contribution >= 4 is 5.69 Å². The molecule has 0 spiro atoms. The normalized spacial score (nSPS) is 12.9. The summed E-state index contributed by atoms with van der Waals surface area (Å²) in [5.74, 6) is 0.137. The lowest BCUT2D eigenvalue weighted by molar-refractivity contribution is -0.449. The minimum atomic E-state index is -0.403. The minimum Gasteiger partial charge on any atom is -0.594 e. The Bertz CT molecular complexity index is 336. The van der Waals surface area contributed by atoms with Gasteiger partial charge in [0.1, 0.15) is 11.3 Å². The summed E-state index contributed by atoms with van der Waals surface area (Å²) < 4.78 is 0. The molecule has 76 valence electrons. The smallest absolute Gasteiger partial charge is 0.244 e. The summed E-state index contributed by atoms with van der Waals surface area (Å²) in [5, 5.41) is 24.4. The lowest BCUT2D eigenvalue weighted by Gasteiger charge is -2.09. The van der Waals surface area contributed by atoms with Crippen LogP contribution in [0.2, 0.25) is 0 Å². The number of azo groups is 1. The van der Waals surface area contributed by atoms with Gasteiger partial charge in [-0.3, -0.25) is 0 Å². The van der Waals surface area contributed by atoms with E-state index in [1.165, 1.54) is 24.3 Å². The van der Waals surface area contributed by atoms with E-state index in [0.29, 0.717) is 10.5 Å². The molecule has 0 radical (unpaired) electrons. The first-order valence-corrected chi connectivity index (χ1v) is 4.37. The Kier molecular flexibility index (Phi) is 2.74. The number of phenolic OH excluding ortho intramolecular Hbond substituents is 1.